The maximum atomic E-state index is 13.6. The summed E-state index contributed by atoms with van der Waals surface area (Å²) in [4.78, 5) is 29.6. The molecule has 2 aromatic heterocycles. The molecular formula is C31H18Cl2N4O7. The Bertz CT molecular complexity index is 2210. The monoisotopic (exact) mass is 628 g/mol. The standard InChI is InChI=1S/C31H18Cl2N4O7/c32-20-6-8-25-19(12-20)13-28(44-25)30-35-23-4-2-1-3-21(23)31(38)36(30)34-14-18-9-22(33)29(24(10-18)37(39)40)41-15-17-5-7-26-27(11-17)43-16-42-26/h1-14H,15-16H2. The SMILES string of the molecule is O=c1c2ccccc2nc(-c2cc3cc(Cl)ccc3o2)n1N=Cc1cc(Cl)c(OCc2ccc3c(c2)OCO3)c([N+](=O)[O-])c1. The molecule has 6 aromatic rings. The minimum atomic E-state index is -0.604. The fourth-order valence-corrected chi connectivity index (χ4v) is 5.24. The lowest BCUT2D eigenvalue weighted by molar-refractivity contribution is -0.385. The van der Waals surface area contributed by atoms with E-state index in [9.17, 15) is 14.9 Å². The number of nitrogens with zero attached hydrogens (tertiary/aromatic N) is 4. The van der Waals surface area contributed by atoms with Crippen LogP contribution in [0.25, 0.3) is 33.5 Å². The molecule has 0 spiro atoms. The number of nitro groups is 1. The molecule has 4 aromatic carbocycles. The zero-order chi connectivity index (χ0) is 30.4. The van der Waals surface area contributed by atoms with E-state index >= 15 is 0 Å². The highest BCUT2D eigenvalue weighted by Crippen LogP contribution is 2.38. The topological polar surface area (TPSA) is 131 Å². The first kappa shape index (κ1) is 27.4. The molecule has 0 saturated heterocycles. The van der Waals surface area contributed by atoms with Crippen LogP contribution in [-0.2, 0) is 6.61 Å². The van der Waals surface area contributed by atoms with Crippen LogP contribution in [0.3, 0.4) is 0 Å². The number of furan rings is 1. The molecule has 218 valence electrons. The van der Waals surface area contributed by atoms with Crippen LogP contribution in [0, 0.1) is 10.1 Å². The van der Waals surface area contributed by atoms with Gasteiger partial charge in [0.05, 0.1) is 27.1 Å². The van der Waals surface area contributed by atoms with Gasteiger partial charge in [0.15, 0.2) is 17.3 Å². The van der Waals surface area contributed by atoms with Gasteiger partial charge in [-0.15, -0.1) is 0 Å². The second-order valence-electron chi connectivity index (χ2n) is 9.69. The van der Waals surface area contributed by atoms with Gasteiger partial charge in [-0.2, -0.15) is 9.78 Å². The number of nitro benzene ring substituents is 1. The first-order valence-corrected chi connectivity index (χ1v) is 13.8. The number of aromatic nitrogens is 2. The number of ether oxygens (including phenoxy) is 3. The van der Waals surface area contributed by atoms with Crippen LogP contribution in [0.5, 0.6) is 17.2 Å². The van der Waals surface area contributed by atoms with Gasteiger partial charge >= 0.3 is 5.69 Å². The second kappa shape index (κ2) is 11.0. The average Bonchev–Trinajstić information content (AvgIpc) is 3.66. The van der Waals surface area contributed by atoms with Crippen molar-refractivity contribution < 1.29 is 23.6 Å². The fourth-order valence-electron chi connectivity index (χ4n) is 4.78. The van der Waals surface area contributed by atoms with Crippen LogP contribution in [0.1, 0.15) is 11.1 Å². The van der Waals surface area contributed by atoms with E-state index in [-0.39, 0.29) is 47.0 Å². The number of halogens is 2. The van der Waals surface area contributed by atoms with Crippen molar-refractivity contribution in [3.63, 3.8) is 0 Å². The van der Waals surface area contributed by atoms with E-state index in [0.717, 1.165) is 4.68 Å². The van der Waals surface area contributed by atoms with E-state index in [4.69, 9.17) is 41.8 Å². The lowest BCUT2D eigenvalue weighted by Gasteiger charge is -2.10. The smallest absolute Gasteiger partial charge is 0.313 e. The fraction of sp³-hybridized carbons (Fsp3) is 0.0645. The molecule has 0 unspecified atom stereocenters. The molecule has 0 aliphatic carbocycles. The third-order valence-corrected chi connectivity index (χ3v) is 7.35. The first-order chi connectivity index (χ1) is 21.3. The predicted octanol–water partition coefficient (Wildman–Crippen LogP) is 7.21. The van der Waals surface area contributed by atoms with Gasteiger partial charge in [0.2, 0.25) is 18.4 Å². The Balaban J connectivity index is 1.26. The van der Waals surface area contributed by atoms with Crippen molar-refractivity contribution in [1.82, 2.24) is 9.66 Å². The molecule has 44 heavy (non-hydrogen) atoms. The van der Waals surface area contributed by atoms with Gasteiger partial charge in [-0.05, 0) is 60.2 Å². The summed E-state index contributed by atoms with van der Waals surface area (Å²) in [7, 11) is 0. The largest absolute Gasteiger partial charge is 0.481 e. The lowest BCUT2D eigenvalue weighted by atomic mass is 10.2. The average molecular weight is 629 g/mol. The van der Waals surface area contributed by atoms with Crippen molar-refractivity contribution in [2.75, 3.05) is 6.79 Å². The van der Waals surface area contributed by atoms with Gasteiger partial charge in [-0.1, -0.05) is 41.4 Å². The molecule has 3 heterocycles. The second-order valence-corrected chi connectivity index (χ2v) is 10.5. The first-order valence-electron chi connectivity index (χ1n) is 13.1. The maximum Gasteiger partial charge on any atom is 0.313 e. The summed E-state index contributed by atoms with van der Waals surface area (Å²) in [5, 5.41) is 17.9. The van der Waals surface area contributed by atoms with E-state index in [2.05, 4.69) is 10.1 Å². The Morgan fingerprint density at radius 2 is 1.86 bits per heavy atom. The van der Waals surface area contributed by atoms with Crippen molar-refractivity contribution in [3.05, 3.63) is 121 Å². The van der Waals surface area contributed by atoms with E-state index in [1.165, 1.54) is 18.3 Å². The summed E-state index contributed by atoms with van der Waals surface area (Å²) in [5.41, 5.74) is 1.09. The van der Waals surface area contributed by atoms with Gasteiger partial charge in [0, 0.05) is 22.0 Å². The Hall–Kier alpha value is -5.39. The van der Waals surface area contributed by atoms with E-state index in [1.807, 2.05) is 0 Å². The van der Waals surface area contributed by atoms with Crippen molar-refractivity contribution in [2.45, 2.75) is 6.61 Å². The van der Waals surface area contributed by atoms with Crippen molar-refractivity contribution in [3.8, 4) is 28.8 Å². The van der Waals surface area contributed by atoms with Gasteiger partial charge < -0.3 is 18.6 Å². The molecule has 0 N–H and O–H groups in total. The van der Waals surface area contributed by atoms with Crippen molar-refractivity contribution in [1.29, 1.82) is 0 Å². The maximum absolute atomic E-state index is 13.6. The zero-order valence-corrected chi connectivity index (χ0v) is 23.9. The molecule has 13 heteroatoms. The minimum Gasteiger partial charge on any atom is -0.481 e. The van der Waals surface area contributed by atoms with Crippen LogP contribution in [-0.4, -0.2) is 27.6 Å². The summed E-state index contributed by atoms with van der Waals surface area (Å²) >= 11 is 12.6. The Morgan fingerprint density at radius 3 is 2.73 bits per heavy atom. The number of fused-ring (bicyclic) bond motifs is 3. The van der Waals surface area contributed by atoms with Gasteiger partial charge in [-0.25, -0.2) is 4.98 Å². The summed E-state index contributed by atoms with van der Waals surface area (Å²) in [5.74, 6) is 1.45. The van der Waals surface area contributed by atoms with E-state index in [0.29, 0.717) is 44.0 Å². The number of hydrogen-bond acceptors (Lipinski definition) is 9. The van der Waals surface area contributed by atoms with Gasteiger partial charge in [0.1, 0.15) is 12.2 Å². The minimum absolute atomic E-state index is 0.00510. The van der Waals surface area contributed by atoms with Crippen LogP contribution in [0.2, 0.25) is 10.0 Å². The Labute approximate surface area is 257 Å². The highest BCUT2D eigenvalue weighted by Gasteiger charge is 2.22. The quantitative estimate of drug-likeness (QED) is 0.103. The number of hydrogen-bond donors (Lipinski definition) is 0. The molecule has 0 bridgehead atoms. The normalized spacial score (nSPS) is 12.4. The summed E-state index contributed by atoms with van der Waals surface area (Å²) < 4.78 is 23.5. The molecule has 1 aliphatic rings. The molecular weight excluding hydrogens is 611 g/mol. The third kappa shape index (κ3) is 5.08. The molecule has 0 fully saturated rings. The molecule has 11 nitrogen and oxygen atoms in total. The highest BCUT2D eigenvalue weighted by molar-refractivity contribution is 6.32. The van der Waals surface area contributed by atoms with Crippen LogP contribution >= 0.6 is 23.2 Å². The van der Waals surface area contributed by atoms with Crippen LogP contribution < -0.4 is 19.8 Å². The molecule has 0 amide bonds. The predicted molar refractivity (Wildman–Crippen MR) is 164 cm³/mol. The van der Waals surface area contributed by atoms with Crippen molar-refractivity contribution >= 4 is 57.0 Å². The molecule has 0 radical (unpaired) electrons. The van der Waals surface area contributed by atoms with E-state index in [1.54, 1.807) is 66.7 Å². The molecule has 0 atom stereocenters. The number of benzene rings is 4. The van der Waals surface area contributed by atoms with Crippen LogP contribution in [0.15, 0.2) is 93.2 Å². The van der Waals surface area contributed by atoms with Crippen LogP contribution in [0.4, 0.5) is 5.69 Å². The summed E-state index contributed by atoms with van der Waals surface area (Å²) in [6, 6.07) is 21.6. The van der Waals surface area contributed by atoms with Crippen molar-refractivity contribution in [2.24, 2.45) is 5.10 Å². The molecule has 1 aliphatic heterocycles. The summed E-state index contributed by atoms with van der Waals surface area (Å²) in [6.07, 6.45) is 1.28. The third-order valence-electron chi connectivity index (χ3n) is 6.84. The highest BCUT2D eigenvalue weighted by atomic mass is 35.5. The number of rotatable bonds is 7. The van der Waals surface area contributed by atoms with E-state index < -0.39 is 10.5 Å². The Morgan fingerprint density at radius 1 is 1.02 bits per heavy atom. The lowest BCUT2D eigenvalue weighted by Crippen LogP contribution is -2.20. The van der Waals surface area contributed by atoms with Gasteiger partial charge in [0.25, 0.3) is 5.56 Å². The zero-order valence-electron chi connectivity index (χ0n) is 22.4. The molecule has 0 saturated carbocycles. The summed E-state index contributed by atoms with van der Waals surface area (Å²) in [6.45, 7) is 0.116. The Kier molecular flexibility index (Phi) is 6.88. The number of para-hydroxylation sites is 1. The molecule has 7 rings (SSSR count). The van der Waals surface area contributed by atoms with Gasteiger partial charge in [-0.3, -0.25) is 14.9 Å².